The van der Waals surface area contributed by atoms with Crippen molar-refractivity contribution >= 4 is 0 Å². The Hall–Kier alpha value is -1.02. The number of benzene rings is 1. The van der Waals surface area contributed by atoms with Gasteiger partial charge in [0.1, 0.15) is 5.75 Å². The van der Waals surface area contributed by atoms with Crippen LogP contribution in [-0.4, -0.2) is 20.2 Å². The van der Waals surface area contributed by atoms with Crippen LogP contribution in [-0.2, 0) is 5.41 Å². The first-order valence-corrected chi connectivity index (χ1v) is 7.99. The van der Waals surface area contributed by atoms with Crippen LogP contribution >= 0.6 is 0 Å². The molecule has 0 saturated heterocycles. The van der Waals surface area contributed by atoms with Crippen LogP contribution in [0.4, 0.5) is 0 Å². The summed E-state index contributed by atoms with van der Waals surface area (Å²) in [5.74, 6) is 0.976. The van der Waals surface area contributed by atoms with E-state index in [0.29, 0.717) is 10.8 Å². The van der Waals surface area contributed by atoms with Crippen molar-refractivity contribution in [3.05, 3.63) is 29.8 Å². The molecule has 1 saturated carbocycles. The average molecular weight is 275 g/mol. The smallest absolute Gasteiger partial charge is 0.119 e. The molecule has 1 fully saturated rings. The first-order valence-electron chi connectivity index (χ1n) is 7.99. The summed E-state index contributed by atoms with van der Waals surface area (Å²) in [4.78, 5) is 0. The van der Waals surface area contributed by atoms with Crippen molar-refractivity contribution < 1.29 is 4.74 Å². The van der Waals surface area contributed by atoms with Crippen LogP contribution in [0.25, 0.3) is 0 Å². The molecule has 1 aliphatic rings. The van der Waals surface area contributed by atoms with Gasteiger partial charge in [0.05, 0.1) is 7.11 Å². The molecule has 0 atom stereocenters. The summed E-state index contributed by atoms with van der Waals surface area (Å²) < 4.78 is 5.41. The Balaban J connectivity index is 2.25. The Kier molecular flexibility index (Phi) is 4.74. The molecule has 0 bridgehead atoms. The molecule has 1 N–H and O–H groups in total. The number of methoxy groups -OCH3 is 1. The van der Waals surface area contributed by atoms with Gasteiger partial charge in [-0.3, -0.25) is 0 Å². The van der Waals surface area contributed by atoms with Gasteiger partial charge in [-0.25, -0.2) is 0 Å². The molecule has 1 aromatic carbocycles. The van der Waals surface area contributed by atoms with Crippen LogP contribution in [0.15, 0.2) is 24.3 Å². The fourth-order valence-corrected chi connectivity index (χ4v) is 3.88. The maximum absolute atomic E-state index is 5.41. The van der Waals surface area contributed by atoms with E-state index in [9.17, 15) is 0 Å². The van der Waals surface area contributed by atoms with Gasteiger partial charge in [-0.05, 0) is 42.5 Å². The van der Waals surface area contributed by atoms with Gasteiger partial charge in [-0.15, -0.1) is 0 Å². The lowest BCUT2D eigenvalue weighted by Crippen LogP contribution is -2.54. The summed E-state index contributed by atoms with van der Waals surface area (Å²) in [7, 11) is 1.75. The average Bonchev–Trinajstić information content (AvgIpc) is 2.47. The fourth-order valence-electron chi connectivity index (χ4n) is 3.88. The number of nitrogens with one attached hydrogen (secondary N) is 1. The van der Waals surface area contributed by atoms with E-state index in [2.05, 4.69) is 44.3 Å². The minimum Gasteiger partial charge on any atom is -0.497 e. The molecule has 0 unspecified atom stereocenters. The van der Waals surface area contributed by atoms with Crippen LogP contribution in [0.3, 0.4) is 0 Å². The van der Waals surface area contributed by atoms with E-state index in [4.69, 9.17) is 4.74 Å². The second-order valence-electron chi connectivity index (χ2n) is 6.35. The third kappa shape index (κ3) is 2.71. The number of likely N-dealkylation sites (N-methyl/N-ethyl adjacent to an activating group) is 1. The molecule has 0 aliphatic heterocycles. The standard InChI is InChI=1S/C18H29NO/c1-5-17(6-2)12-18(13-17,14-19-7-3)15-9-8-10-16(11-15)20-4/h8-11,19H,5-7,12-14H2,1-4H3. The number of hydrogen-bond acceptors (Lipinski definition) is 2. The van der Waals surface area contributed by atoms with Crippen molar-refractivity contribution in [2.45, 2.75) is 51.9 Å². The maximum Gasteiger partial charge on any atom is 0.119 e. The quantitative estimate of drug-likeness (QED) is 0.807. The van der Waals surface area contributed by atoms with Crippen LogP contribution in [0, 0.1) is 5.41 Å². The van der Waals surface area contributed by atoms with Gasteiger partial charge >= 0.3 is 0 Å². The predicted octanol–water partition coefficient (Wildman–Crippen LogP) is 4.14. The largest absolute Gasteiger partial charge is 0.497 e. The monoisotopic (exact) mass is 275 g/mol. The van der Waals surface area contributed by atoms with Gasteiger partial charge in [0.2, 0.25) is 0 Å². The highest BCUT2D eigenvalue weighted by molar-refractivity contribution is 5.37. The van der Waals surface area contributed by atoms with Gasteiger partial charge in [0, 0.05) is 12.0 Å². The van der Waals surface area contributed by atoms with Crippen molar-refractivity contribution in [2.75, 3.05) is 20.2 Å². The van der Waals surface area contributed by atoms with E-state index in [1.54, 1.807) is 7.11 Å². The molecular weight excluding hydrogens is 246 g/mol. The topological polar surface area (TPSA) is 21.3 Å². The maximum atomic E-state index is 5.41. The first kappa shape index (κ1) is 15.4. The minimum atomic E-state index is 0.302. The third-order valence-corrected chi connectivity index (χ3v) is 5.32. The van der Waals surface area contributed by atoms with E-state index in [1.807, 2.05) is 6.07 Å². The zero-order chi connectivity index (χ0) is 14.6. The summed E-state index contributed by atoms with van der Waals surface area (Å²) in [6.07, 6.45) is 5.18. The summed E-state index contributed by atoms with van der Waals surface area (Å²) in [5, 5.41) is 3.57. The van der Waals surface area contributed by atoms with Gasteiger partial charge in [0.25, 0.3) is 0 Å². The molecule has 2 heteroatoms. The van der Waals surface area contributed by atoms with E-state index in [1.165, 1.54) is 31.2 Å². The van der Waals surface area contributed by atoms with Crippen LogP contribution in [0.2, 0.25) is 0 Å². The predicted molar refractivity (Wildman–Crippen MR) is 85.5 cm³/mol. The molecule has 0 spiro atoms. The lowest BCUT2D eigenvalue weighted by Gasteiger charge is -2.57. The molecule has 0 heterocycles. The highest BCUT2D eigenvalue weighted by atomic mass is 16.5. The number of hydrogen-bond donors (Lipinski definition) is 1. The zero-order valence-corrected chi connectivity index (χ0v) is 13.5. The molecule has 1 aromatic rings. The number of ether oxygens (including phenoxy) is 1. The van der Waals surface area contributed by atoms with E-state index < -0.39 is 0 Å². The molecule has 0 radical (unpaired) electrons. The summed E-state index contributed by atoms with van der Waals surface area (Å²) in [6.45, 7) is 8.98. The second kappa shape index (κ2) is 6.17. The Labute approximate surface area is 123 Å². The Morgan fingerprint density at radius 3 is 2.40 bits per heavy atom. The number of rotatable bonds is 7. The van der Waals surface area contributed by atoms with Gasteiger partial charge in [-0.2, -0.15) is 0 Å². The Bertz CT molecular complexity index is 429. The van der Waals surface area contributed by atoms with Crippen LogP contribution in [0.1, 0.15) is 52.0 Å². The molecule has 112 valence electrons. The van der Waals surface area contributed by atoms with E-state index in [0.717, 1.165) is 18.8 Å². The minimum absolute atomic E-state index is 0.302. The fraction of sp³-hybridized carbons (Fsp3) is 0.667. The first-order chi connectivity index (χ1) is 9.63. The SMILES string of the molecule is CCNCC1(c2cccc(OC)c2)CC(CC)(CC)C1. The lowest BCUT2D eigenvalue weighted by atomic mass is 9.48. The normalized spacial score (nSPS) is 19.4. The van der Waals surface area contributed by atoms with Gasteiger partial charge in [0.15, 0.2) is 0 Å². The summed E-state index contributed by atoms with van der Waals surface area (Å²) >= 11 is 0. The Morgan fingerprint density at radius 1 is 1.15 bits per heavy atom. The second-order valence-corrected chi connectivity index (χ2v) is 6.35. The Morgan fingerprint density at radius 2 is 1.85 bits per heavy atom. The molecule has 0 amide bonds. The van der Waals surface area contributed by atoms with Crippen molar-refractivity contribution in [1.29, 1.82) is 0 Å². The molecule has 0 aromatic heterocycles. The zero-order valence-electron chi connectivity index (χ0n) is 13.5. The summed E-state index contributed by atoms with van der Waals surface area (Å²) in [5.41, 5.74) is 2.30. The molecule has 2 nitrogen and oxygen atoms in total. The highest BCUT2D eigenvalue weighted by Gasteiger charge is 2.52. The lowest BCUT2D eigenvalue weighted by molar-refractivity contribution is 0.0131. The van der Waals surface area contributed by atoms with Gasteiger partial charge in [-0.1, -0.05) is 45.7 Å². The van der Waals surface area contributed by atoms with E-state index >= 15 is 0 Å². The summed E-state index contributed by atoms with van der Waals surface area (Å²) in [6, 6.07) is 8.66. The molecular formula is C18H29NO. The molecule has 1 aliphatic carbocycles. The third-order valence-electron chi connectivity index (χ3n) is 5.32. The van der Waals surface area contributed by atoms with Gasteiger partial charge < -0.3 is 10.1 Å². The van der Waals surface area contributed by atoms with Crippen molar-refractivity contribution in [2.24, 2.45) is 5.41 Å². The van der Waals surface area contributed by atoms with Crippen molar-refractivity contribution in [3.8, 4) is 5.75 Å². The molecule has 2 rings (SSSR count). The van der Waals surface area contributed by atoms with Crippen molar-refractivity contribution in [1.82, 2.24) is 5.32 Å². The molecule has 20 heavy (non-hydrogen) atoms. The van der Waals surface area contributed by atoms with Crippen molar-refractivity contribution in [3.63, 3.8) is 0 Å². The van der Waals surface area contributed by atoms with Crippen LogP contribution in [0.5, 0.6) is 5.75 Å². The van der Waals surface area contributed by atoms with Crippen LogP contribution < -0.4 is 10.1 Å². The highest BCUT2D eigenvalue weighted by Crippen LogP contribution is 2.59. The van der Waals surface area contributed by atoms with E-state index in [-0.39, 0.29) is 0 Å².